The van der Waals surface area contributed by atoms with Crippen molar-refractivity contribution in [3.05, 3.63) is 64.1 Å². The molecular formula is C16H15F3N2O4. The van der Waals surface area contributed by atoms with Crippen molar-refractivity contribution in [2.45, 2.75) is 18.8 Å². The average molecular weight is 356 g/mol. The summed E-state index contributed by atoms with van der Waals surface area (Å²) in [4.78, 5) is 23.3. The van der Waals surface area contributed by atoms with Gasteiger partial charge in [-0.05, 0) is 24.3 Å². The molecule has 1 aromatic heterocycles. The molecular weight excluding hydrogens is 341 g/mol. The van der Waals surface area contributed by atoms with Crippen LogP contribution in [0.25, 0.3) is 0 Å². The predicted octanol–water partition coefficient (Wildman–Crippen LogP) is 1.41. The highest BCUT2D eigenvalue weighted by atomic mass is 19.4. The molecule has 9 heteroatoms. The average Bonchev–Trinajstić information content (AvgIpc) is 2.54. The topological polar surface area (TPSA) is 94.6 Å². The Morgan fingerprint density at radius 2 is 1.84 bits per heavy atom. The first-order valence-corrected chi connectivity index (χ1v) is 7.17. The Bertz CT molecular complexity index is 803. The number of primary amides is 1. The molecule has 0 radical (unpaired) electrons. The van der Waals surface area contributed by atoms with Gasteiger partial charge in [-0.25, -0.2) is 0 Å². The maximum atomic E-state index is 13.1. The highest BCUT2D eigenvalue weighted by Gasteiger charge is 2.35. The quantitative estimate of drug-likeness (QED) is 0.818. The van der Waals surface area contributed by atoms with E-state index in [9.17, 15) is 27.9 Å². The minimum Gasteiger partial charge on any atom is -0.491 e. The zero-order valence-electron chi connectivity index (χ0n) is 12.9. The van der Waals surface area contributed by atoms with Crippen LogP contribution in [0.5, 0.6) is 5.75 Å². The van der Waals surface area contributed by atoms with Gasteiger partial charge in [-0.2, -0.15) is 13.2 Å². The Hall–Kier alpha value is -2.81. The van der Waals surface area contributed by atoms with Gasteiger partial charge in [-0.3, -0.25) is 9.59 Å². The lowest BCUT2D eigenvalue weighted by atomic mass is 10.2. The van der Waals surface area contributed by atoms with E-state index >= 15 is 0 Å². The summed E-state index contributed by atoms with van der Waals surface area (Å²) in [6, 6.07) is 9.62. The highest BCUT2D eigenvalue weighted by Crippen LogP contribution is 2.28. The van der Waals surface area contributed by atoms with E-state index in [1.807, 2.05) is 0 Å². The number of aliphatic hydroxyl groups is 1. The van der Waals surface area contributed by atoms with Gasteiger partial charge in [0.15, 0.2) is 0 Å². The molecule has 0 fully saturated rings. The lowest BCUT2D eigenvalue weighted by Gasteiger charge is -2.19. The zero-order valence-corrected chi connectivity index (χ0v) is 12.9. The molecule has 0 bridgehead atoms. The fraction of sp³-hybridized carbons (Fsp3) is 0.250. The first-order valence-electron chi connectivity index (χ1n) is 7.17. The summed E-state index contributed by atoms with van der Waals surface area (Å²) in [5, 5.41) is 9.94. The third-order valence-electron chi connectivity index (χ3n) is 3.31. The van der Waals surface area contributed by atoms with Crippen molar-refractivity contribution in [3.8, 4) is 5.75 Å². The maximum absolute atomic E-state index is 13.1. The summed E-state index contributed by atoms with van der Waals surface area (Å²) < 4.78 is 44.7. The molecule has 3 N–H and O–H groups in total. The van der Waals surface area contributed by atoms with Crippen LogP contribution in [-0.2, 0) is 12.7 Å². The zero-order chi connectivity index (χ0) is 18.6. The van der Waals surface area contributed by atoms with Gasteiger partial charge in [-0.15, -0.1) is 0 Å². The Morgan fingerprint density at radius 3 is 2.40 bits per heavy atom. The van der Waals surface area contributed by atoms with E-state index in [0.717, 1.165) is 6.07 Å². The van der Waals surface area contributed by atoms with Crippen molar-refractivity contribution in [3.63, 3.8) is 0 Å². The number of carbonyl (C=O) groups is 1. The Balaban J connectivity index is 2.25. The number of hydrogen-bond donors (Lipinski definition) is 2. The van der Waals surface area contributed by atoms with Crippen LogP contribution in [0.4, 0.5) is 13.2 Å². The predicted molar refractivity (Wildman–Crippen MR) is 82.2 cm³/mol. The fourth-order valence-corrected chi connectivity index (χ4v) is 2.17. The first kappa shape index (κ1) is 18.5. The SMILES string of the molecule is NC(=O)c1ccc(C(F)(F)F)n(CC(O)COc2ccccc2)c1=O. The van der Waals surface area contributed by atoms with Crippen molar-refractivity contribution >= 4 is 5.91 Å². The molecule has 6 nitrogen and oxygen atoms in total. The third kappa shape index (κ3) is 4.60. The van der Waals surface area contributed by atoms with Crippen LogP contribution in [0, 0.1) is 0 Å². The molecule has 2 aromatic rings. The standard InChI is InChI=1S/C16H15F3N2O4/c17-16(18,19)13-7-6-12(14(20)23)15(24)21(13)8-10(22)9-25-11-4-2-1-3-5-11/h1-7,10,22H,8-9H2,(H2,20,23). The Labute approximate surface area is 140 Å². The summed E-state index contributed by atoms with van der Waals surface area (Å²) in [5.41, 5.74) is 1.88. The maximum Gasteiger partial charge on any atom is 0.431 e. The minimum absolute atomic E-state index is 0.277. The molecule has 1 amide bonds. The van der Waals surface area contributed by atoms with E-state index in [2.05, 4.69) is 0 Å². The third-order valence-corrected chi connectivity index (χ3v) is 3.31. The van der Waals surface area contributed by atoms with Crippen LogP contribution >= 0.6 is 0 Å². The molecule has 0 aliphatic carbocycles. The molecule has 0 aliphatic rings. The summed E-state index contributed by atoms with van der Waals surface area (Å²) in [5.74, 6) is -0.738. The van der Waals surface area contributed by atoms with Gasteiger partial charge in [0.05, 0.1) is 6.54 Å². The number of benzene rings is 1. The molecule has 1 aromatic carbocycles. The van der Waals surface area contributed by atoms with E-state index in [1.165, 1.54) is 0 Å². The summed E-state index contributed by atoms with van der Waals surface area (Å²) in [6.45, 7) is -1.05. The van der Waals surface area contributed by atoms with E-state index < -0.39 is 41.5 Å². The van der Waals surface area contributed by atoms with E-state index in [-0.39, 0.29) is 11.2 Å². The van der Waals surface area contributed by atoms with Crippen molar-refractivity contribution in [1.82, 2.24) is 4.57 Å². The van der Waals surface area contributed by atoms with E-state index in [1.54, 1.807) is 30.3 Å². The van der Waals surface area contributed by atoms with Gasteiger partial charge >= 0.3 is 6.18 Å². The molecule has 1 heterocycles. The van der Waals surface area contributed by atoms with Gasteiger partial charge < -0.3 is 20.1 Å². The number of alkyl halides is 3. The molecule has 0 saturated carbocycles. The van der Waals surface area contributed by atoms with Crippen molar-refractivity contribution in [1.29, 1.82) is 0 Å². The molecule has 1 unspecified atom stereocenters. The normalized spacial score (nSPS) is 12.6. The molecule has 0 spiro atoms. The van der Waals surface area contributed by atoms with Crippen LogP contribution < -0.4 is 16.0 Å². The second-order valence-corrected chi connectivity index (χ2v) is 5.19. The van der Waals surface area contributed by atoms with Crippen LogP contribution in [0.1, 0.15) is 16.1 Å². The lowest BCUT2D eigenvalue weighted by molar-refractivity contribution is -0.144. The number of ether oxygens (including phenoxy) is 1. The molecule has 1 atom stereocenters. The van der Waals surface area contributed by atoms with E-state index in [0.29, 0.717) is 11.8 Å². The number of aromatic nitrogens is 1. The monoisotopic (exact) mass is 356 g/mol. The molecule has 134 valence electrons. The van der Waals surface area contributed by atoms with Crippen molar-refractivity contribution in [2.75, 3.05) is 6.61 Å². The van der Waals surface area contributed by atoms with Gasteiger partial charge in [-0.1, -0.05) is 18.2 Å². The van der Waals surface area contributed by atoms with Gasteiger partial charge in [0.2, 0.25) is 0 Å². The lowest BCUT2D eigenvalue weighted by Crippen LogP contribution is -2.37. The number of halogens is 3. The van der Waals surface area contributed by atoms with E-state index in [4.69, 9.17) is 10.5 Å². The molecule has 0 saturated heterocycles. The Kier molecular flexibility index (Phi) is 5.48. The van der Waals surface area contributed by atoms with Crippen LogP contribution in [0.3, 0.4) is 0 Å². The fourth-order valence-electron chi connectivity index (χ4n) is 2.17. The Morgan fingerprint density at radius 1 is 1.20 bits per heavy atom. The van der Waals surface area contributed by atoms with Crippen molar-refractivity contribution in [2.24, 2.45) is 5.73 Å². The van der Waals surface area contributed by atoms with Crippen LogP contribution in [0.15, 0.2) is 47.3 Å². The van der Waals surface area contributed by atoms with Gasteiger partial charge in [0.1, 0.15) is 29.7 Å². The molecule has 0 aliphatic heterocycles. The minimum atomic E-state index is -4.84. The smallest absolute Gasteiger partial charge is 0.431 e. The number of rotatable bonds is 6. The number of amides is 1. The van der Waals surface area contributed by atoms with Crippen LogP contribution in [-0.4, -0.2) is 28.3 Å². The van der Waals surface area contributed by atoms with Gasteiger partial charge in [0.25, 0.3) is 11.5 Å². The summed E-state index contributed by atoms with van der Waals surface area (Å²) in [7, 11) is 0. The summed E-state index contributed by atoms with van der Waals surface area (Å²) >= 11 is 0. The van der Waals surface area contributed by atoms with Crippen LogP contribution in [0.2, 0.25) is 0 Å². The number of carbonyl (C=O) groups excluding carboxylic acids is 1. The van der Waals surface area contributed by atoms with Crippen molar-refractivity contribution < 1.29 is 27.8 Å². The highest BCUT2D eigenvalue weighted by molar-refractivity contribution is 5.92. The van der Waals surface area contributed by atoms with Gasteiger partial charge in [0, 0.05) is 0 Å². The largest absolute Gasteiger partial charge is 0.491 e. The number of nitrogens with zero attached hydrogens (tertiary/aromatic N) is 1. The molecule has 2 rings (SSSR count). The first-order chi connectivity index (χ1) is 11.7. The number of aliphatic hydroxyl groups excluding tert-OH is 1. The molecule has 25 heavy (non-hydrogen) atoms. The second kappa shape index (κ2) is 7.39. The second-order valence-electron chi connectivity index (χ2n) is 5.19. The number of para-hydroxylation sites is 1. The summed E-state index contributed by atoms with van der Waals surface area (Å²) in [6.07, 6.45) is -6.25. The number of nitrogens with two attached hydrogens (primary N) is 1. The number of hydrogen-bond acceptors (Lipinski definition) is 4. The number of pyridine rings is 1.